The van der Waals surface area contributed by atoms with E-state index in [1.165, 1.54) is 43.0 Å². The maximum atomic E-state index is 13.2. The molecular weight excluding hydrogens is 390 g/mol. The average Bonchev–Trinajstić information content (AvgIpc) is 2.64. The molecule has 0 aliphatic rings. The number of nitrogens with two attached hydrogens (primary N) is 1. The SMILES string of the molecule is C[C@@H](OC(=O)CSC(c1ccc(F)cc1)c1ccc(F)cc1)C(=O)NC(N)=O. The van der Waals surface area contributed by atoms with E-state index in [1.54, 1.807) is 24.3 Å². The summed E-state index contributed by atoms with van der Waals surface area (Å²) in [6, 6.07) is 10.4. The number of nitrogens with one attached hydrogen (secondary N) is 1. The zero-order valence-electron chi connectivity index (χ0n) is 14.9. The fourth-order valence-corrected chi connectivity index (χ4v) is 3.39. The molecule has 2 rings (SSSR count). The first kappa shape index (κ1) is 21.4. The lowest BCUT2D eigenvalue weighted by Gasteiger charge is -2.18. The van der Waals surface area contributed by atoms with Gasteiger partial charge in [0, 0.05) is 0 Å². The van der Waals surface area contributed by atoms with Crippen molar-refractivity contribution in [2.75, 3.05) is 5.75 Å². The average molecular weight is 408 g/mol. The fourth-order valence-electron chi connectivity index (χ4n) is 2.32. The van der Waals surface area contributed by atoms with Gasteiger partial charge >= 0.3 is 12.0 Å². The van der Waals surface area contributed by atoms with Gasteiger partial charge in [-0.2, -0.15) is 0 Å². The van der Waals surface area contributed by atoms with E-state index in [4.69, 9.17) is 10.5 Å². The second kappa shape index (κ2) is 9.84. The van der Waals surface area contributed by atoms with Crippen molar-refractivity contribution in [2.24, 2.45) is 5.73 Å². The molecule has 0 aliphatic heterocycles. The lowest BCUT2D eigenvalue weighted by atomic mass is 10.0. The minimum atomic E-state index is -1.20. The Morgan fingerprint density at radius 1 is 1.00 bits per heavy atom. The van der Waals surface area contributed by atoms with Gasteiger partial charge in [-0.15, -0.1) is 11.8 Å². The van der Waals surface area contributed by atoms with Gasteiger partial charge in [0.05, 0.1) is 11.0 Å². The van der Waals surface area contributed by atoms with E-state index in [-0.39, 0.29) is 11.0 Å². The van der Waals surface area contributed by atoms with Crippen LogP contribution in [0.3, 0.4) is 0 Å². The van der Waals surface area contributed by atoms with Crippen molar-refractivity contribution < 1.29 is 27.9 Å². The third-order valence-electron chi connectivity index (χ3n) is 3.64. The Hall–Kier alpha value is -2.94. The summed E-state index contributed by atoms with van der Waals surface area (Å²) in [6.45, 7) is 1.30. The van der Waals surface area contributed by atoms with Gasteiger partial charge in [0.2, 0.25) is 0 Å². The van der Waals surface area contributed by atoms with E-state index >= 15 is 0 Å². The van der Waals surface area contributed by atoms with Gasteiger partial charge in [-0.05, 0) is 42.3 Å². The van der Waals surface area contributed by atoms with Crippen LogP contribution in [0.4, 0.5) is 13.6 Å². The number of hydrogen-bond donors (Lipinski definition) is 2. The molecule has 0 saturated heterocycles. The number of rotatable bonds is 7. The summed E-state index contributed by atoms with van der Waals surface area (Å²) in [6.07, 6.45) is -1.20. The van der Waals surface area contributed by atoms with Crippen LogP contribution in [-0.2, 0) is 14.3 Å². The number of imide groups is 1. The van der Waals surface area contributed by atoms with Crippen molar-refractivity contribution in [3.8, 4) is 0 Å². The summed E-state index contributed by atoms with van der Waals surface area (Å²) in [5, 5.41) is 1.43. The Labute approximate surface area is 164 Å². The van der Waals surface area contributed by atoms with Crippen molar-refractivity contribution in [3.63, 3.8) is 0 Å². The maximum Gasteiger partial charge on any atom is 0.318 e. The van der Waals surface area contributed by atoms with E-state index in [0.717, 1.165) is 0 Å². The monoisotopic (exact) mass is 408 g/mol. The summed E-state index contributed by atoms with van der Waals surface area (Å²) >= 11 is 1.17. The number of benzene rings is 2. The Balaban J connectivity index is 2.07. The van der Waals surface area contributed by atoms with E-state index in [0.29, 0.717) is 11.1 Å². The van der Waals surface area contributed by atoms with Gasteiger partial charge < -0.3 is 10.5 Å². The van der Waals surface area contributed by atoms with Crippen LogP contribution >= 0.6 is 11.8 Å². The van der Waals surface area contributed by atoms with Gasteiger partial charge in [0.25, 0.3) is 5.91 Å². The third-order valence-corrected chi connectivity index (χ3v) is 4.92. The standard InChI is InChI=1S/C19H18F2N2O4S/c1-11(18(25)23-19(22)26)27-16(24)10-28-17(12-2-6-14(20)7-3-12)13-4-8-15(21)9-5-13/h2-9,11,17H,10H2,1H3,(H3,22,23,25,26)/t11-/m1/s1. The van der Waals surface area contributed by atoms with Gasteiger partial charge in [-0.1, -0.05) is 24.3 Å². The molecular formula is C19H18F2N2O4S. The van der Waals surface area contributed by atoms with Crippen LogP contribution < -0.4 is 11.1 Å². The predicted molar refractivity (Wildman–Crippen MR) is 100 cm³/mol. The summed E-state index contributed by atoms with van der Waals surface area (Å²) in [7, 11) is 0. The smallest absolute Gasteiger partial charge is 0.318 e. The van der Waals surface area contributed by atoms with Gasteiger partial charge in [0.1, 0.15) is 11.6 Å². The van der Waals surface area contributed by atoms with Crippen molar-refractivity contribution in [1.82, 2.24) is 5.32 Å². The molecule has 1 atom stereocenters. The number of carbonyl (C=O) groups excluding carboxylic acids is 3. The van der Waals surface area contributed by atoms with Gasteiger partial charge in [-0.25, -0.2) is 13.6 Å². The molecule has 9 heteroatoms. The number of thioether (sulfide) groups is 1. The van der Waals surface area contributed by atoms with E-state index in [1.807, 2.05) is 5.32 Å². The number of esters is 1. The van der Waals surface area contributed by atoms with Crippen molar-refractivity contribution in [1.29, 1.82) is 0 Å². The molecule has 3 N–H and O–H groups in total. The molecule has 2 aromatic rings. The Morgan fingerprint density at radius 2 is 1.46 bits per heavy atom. The Kier molecular flexibility index (Phi) is 7.51. The number of primary amides is 1. The molecule has 0 spiro atoms. The van der Waals surface area contributed by atoms with Gasteiger partial charge in [0.15, 0.2) is 6.10 Å². The topological polar surface area (TPSA) is 98.5 Å². The molecule has 0 aliphatic carbocycles. The number of urea groups is 1. The molecule has 0 radical (unpaired) electrons. The second-order valence-corrected chi connectivity index (χ2v) is 6.87. The number of hydrogen-bond acceptors (Lipinski definition) is 5. The molecule has 0 saturated carbocycles. The summed E-state index contributed by atoms with van der Waals surface area (Å²) < 4.78 is 31.4. The van der Waals surface area contributed by atoms with Crippen LogP contribution in [0.25, 0.3) is 0 Å². The van der Waals surface area contributed by atoms with Crippen LogP contribution in [0.1, 0.15) is 23.3 Å². The highest BCUT2D eigenvalue weighted by Gasteiger charge is 2.21. The first-order chi connectivity index (χ1) is 13.3. The molecule has 0 unspecified atom stereocenters. The molecule has 0 aromatic heterocycles. The molecule has 148 valence electrons. The zero-order valence-corrected chi connectivity index (χ0v) is 15.7. The second-order valence-electron chi connectivity index (χ2n) is 5.78. The number of carbonyl (C=O) groups is 3. The number of amides is 3. The number of halogens is 2. The van der Waals surface area contributed by atoms with Crippen LogP contribution in [0.15, 0.2) is 48.5 Å². The number of ether oxygens (including phenoxy) is 1. The third kappa shape index (κ3) is 6.34. The quantitative estimate of drug-likeness (QED) is 0.687. The molecule has 0 heterocycles. The minimum Gasteiger partial charge on any atom is -0.452 e. The van der Waals surface area contributed by atoms with E-state index in [9.17, 15) is 23.2 Å². The maximum absolute atomic E-state index is 13.2. The molecule has 0 fully saturated rings. The Bertz CT molecular complexity index is 799. The van der Waals surface area contributed by atoms with Crippen molar-refractivity contribution in [2.45, 2.75) is 18.3 Å². The van der Waals surface area contributed by atoms with Crippen molar-refractivity contribution in [3.05, 3.63) is 71.3 Å². The molecule has 3 amide bonds. The fraction of sp³-hybridized carbons (Fsp3) is 0.211. The largest absolute Gasteiger partial charge is 0.452 e. The summed E-state index contributed by atoms with van der Waals surface area (Å²) in [5.74, 6) is -2.46. The molecule has 0 bridgehead atoms. The lowest BCUT2D eigenvalue weighted by molar-refractivity contribution is -0.151. The molecule has 6 nitrogen and oxygen atoms in total. The first-order valence-corrected chi connectivity index (χ1v) is 9.23. The van der Waals surface area contributed by atoms with E-state index < -0.39 is 35.6 Å². The highest BCUT2D eigenvalue weighted by atomic mass is 32.2. The van der Waals surface area contributed by atoms with Crippen LogP contribution in [0.2, 0.25) is 0 Å². The summed E-state index contributed by atoms with van der Waals surface area (Å²) in [5.41, 5.74) is 6.27. The van der Waals surface area contributed by atoms with Crippen LogP contribution in [0, 0.1) is 11.6 Å². The highest BCUT2D eigenvalue weighted by molar-refractivity contribution is 8.00. The highest BCUT2D eigenvalue weighted by Crippen LogP contribution is 2.35. The van der Waals surface area contributed by atoms with Crippen LogP contribution in [-0.4, -0.2) is 29.8 Å². The van der Waals surface area contributed by atoms with Crippen LogP contribution in [0.5, 0.6) is 0 Å². The van der Waals surface area contributed by atoms with Gasteiger partial charge in [-0.3, -0.25) is 14.9 Å². The first-order valence-electron chi connectivity index (χ1n) is 8.18. The minimum absolute atomic E-state index is 0.131. The predicted octanol–water partition coefficient (Wildman–Crippen LogP) is 2.91. The molecule has 28 heavy (non-hydrogen) atoms. The van der Waals surface area contributed by atoms with Crippen molar-refractivity contribution >= 4 is 29.7 Å². The zero-order chi connectivity index (χ0) is 20.7. The lowest BCUT2D eigenvalue weighted by Crippen LogP contribution is -2.42. The normalized spacial score (nSPS) is 11.7. The summed E-state index contributed by atoms with van der Waals surface area (Å²) in [4.78, 5) is 34.3. The van der Waals surface area contributed by atoms with E-state index in [2.05, 4.69) is 0 Å². The Morgan fingerprint density at radius 3 is 1.89 bits per heavy atom. The molecule has 2 aromatic carbocycles.